The molecule has 0 radical (unpaired) electrons. The molecule has 0 bridgehead atoms. The van der Waals surface area contributed by atoms with Gasteiger partial charge < -0.3 is 4.74 Å². The van der Waals surface area contributed by atoms with E-state index in [2.05, 4.69) is 44.7 Å². The van der Waals surface area contributed by atoms with E-state index in [1.807, 2.05) is 4.68 Å². The number of amides is 1. The smallest absolute Gasteiger partial charge is 0.283 e. The number of aromatic nitrogens is 2. The standard InChI is InChI=1S/C18H24ClN3O2S/c1-11(2)10-22-17(25-16(21-22)18(3,4)5)20-15(23)13-9-12(19)7-8-14(13)24-6/h7-9,11H,10H2,1-6H3/b20-17-. The van der Waals surface area contributed by atoms with E-state index in [1.165, 1.54) is 18.4 Å². The monoisotopic (exact) mass is 381 g/mol. The van der Waals surface area contributed by atoms with Crippen molar-refractivity contribution in [3.63, 3.8) is 0 Å². The van der Waals surface area contributed by atoms with Gasteiger partial charge in [-0.15, -0.1) is 0 Å². The molecule has 1 heterocycles. The molecular formula is C18H24ClN3O2S. The lowest BCUT2D eigenvalue weighted by Crippen LogP contribution is -2.21. The first-order chi connectivity index (χ1) is 11.6. The van der Waals surface area contributed by atoms with Crippen LogP contribution < -0.4 is 9.54 Å². The highest BCUT2D eigenvalue weighted by Crippen LogP contribution is 2.24. The zero-order chi connectivity index (χ0) is 18.8. The Hall–Kier alpha value is -1.66. The number of carbonyl (C=O) groups is 1. The first-order valence-electron chi connectivity index (χ1n) is 8.13. The molecule has 5 nitrogen and oxygen atoms in total. The third-order valence-electron chi connectivity index (χ3n) is 3.39. The van der Waals surface area contributed by atoms with Crippen molar-refractivity contribution in [1.82, 2.24) is 9.78 Å². The minimum Gasteiger partial charge on any atom is -0.496 e. The van der Waals surface area contributed by atoms with Gasteiger partial charge in [0, 0.05) is 17.0 Å². The molecule has 0 saturated carbocycles. The SMILES string of the molecule is COc1ccc(Cl)cc1C(=O)/N=c1\sc(C(C)(C)C)nn1CC(C)C. The summed E-state index contributed by atoms with van der Waals surface area (Å²) in [5.41, 5.74) is 0.241. The van der Waals surface area contributed by atoms with E-state index >= 15 is 0 Å². The molecule has 0 fully saturated rings. The number of hydrogen-bond donors (Lipinski definition) is 0. The number of ether oxygens (including phenoxy) is 1. The summed E-state index contributed by atoms with van der Waals surface area (Å²) < 4.78 is 7.07. The average Bonchev–Trinajstić information content (AvgIpc) is 2.89. The Balaban J connectivity index is 2.54. The van der Waals surface area contributed by atoms with Crippen molar-refractivity contribution < 1.29 is 9.53 Å². The molecule has 0 N–H and O–H groups in total. The van der Waals surface area contributed by atoms with Crippen LogP contribution in [0, 0.1) is 5.92 Å². The average molecular weight is 382 g/mol. The second-order valence-electron chi connectivity index (χ2n) is 7.28. The second-order valence-corrected chi connectivity index (χ2v) is 8.67. The summed E-state index contributed by atoms with van der Waals surface area (Å²) in [6, 6.07) is 4.92. The van der Waals surface area contributed by atoms with Crippen LogP contribution in [-0.2, 0) is 12.0 Å². The van der Waals surface area contributed by atoms with Gasteiger partial charge in [0.25, 0.3) is 5.91 Å². The van der Waals surface area contributed by atoms with Crippen molar-refractivity contribution >= 4 is 28.8 Å². The van der Waals surface area contributed by atoms with Crippen LogP contribution in [0.5, 0.6) is 5.75 Å². The van der Waals surface area contributed by atoms with Crippen molar-refractivity contribution in [1.29, 1.82) is 0 Å². The molecule has 0 aliphatic carbocycles. The molecular weight excluding hydrogens is 358 g/mol. The molecule has 0 saturated heterocycles. The molecule has 0 atom stereocenters. The lowest BCUT2D eigenvalue weighted by Gasteiger charge is -2.13. The van der Waals surface area contributed by atoms with E-state index in [9.17, 15) is 4.79 Å². The van der Waals surface area contributed by atoms with Crippen molar-refractivity contribution in [2.75, 3.05) is 7.11 Å². The highest BCUT2D eigenvalue weighted by molar-refractivity contribution is 7.09. The van der Waals surface area contributed by atoms with Gasteiger partial charge in [-0.2, -0.15) is 10.1 Å². The van der Waals surface area contributed by atoms with Gasteiger partial charge in [-0.1, -0.05) is 57.6 Å². The Morgan fingerprint density at radius 2 is 2.08 bits per heavy atom. The summed E-state index contributed by atoms with van der Waals surface area (Å²) in [4.78, 5) is 17.6. The maximum Gasteiger partial charge on any atom is 0.283 e. The van der Waals surface area contributed by atoms with Crippen LogP contribution in [0.25, 0.3) is 0 Å². The van der Waals surface area contributed by atoms with Crippen molar-refractivity contribution in [3.8, 4) is 5.75 Å². The molecule has 25 heavy (non-hydrogen) atoms. The highest BCUT2D eigenvalue weighted by Gasteiger charge is 2.21. The van der Waals surface area contributed by atoms with E-state index in [4.69, 9.17) is 16.3 Å². The van der Waals surface area contributed by atoms with E-state index in [0.717, 1.165) is 5.01 Å². The lowest BCUT2D eigenvalue weighted by atomic mass is 9.98. The zero-order valence-corrected chi connectivity index (χ0v) is 17.0. The van der Waals surface area contributed by atoms with Crippen LogP contribution in [-0.4, -0.2) is 22.8 Å². The fourth-order valence-electron chi connectivity index (χ4n) is 2.15. The summed E-state index contributed by atoms with van der Waals surface area (Å²) >= 11 is 7.46. The fourth-order valence-corrected chi connectivity index (χ4v) is 3.29. The van der Waals surface area contributed by atoms with E-state index in [1.54, 1.807) is 18.2 Å². The summed E-state index contributed by atoms with van der Waals surface area (Å²) in [6.07, 6.45) is 0. The topological polar surface area (TPSA) is 56.5 Å². The fraction of sp³-hybridized carbons (Fsp3) is 0.500. The Labute approximate surface area is 157 Å². The van der Waals surface area contributed by atoms with Crippen LogP contribution in [0.4, 0.5) is 0 Å². The second kappa shape index (κ2) is 7.70. The van der Waals surface area contributed by atoms with Gasteiger partial charge >= 0.3 is 0 Å². The molecule has 1 amide bonds. The van der Waals surface area contributed by atoms with Crippen LogP contribution in [0.15, 0.2) is 23.2 Å². The lowest BCUT2D eigenvalue weighted by molar-refractivity contribution is 0.0994. The minimum absolute atomic E-state index is 0.103. The molecule has 2 rings (SSSR count). The molecule has 0 aliphatic heterocycles. The van der Waals surface area contributed by atoms with Gasteiger partial charge in [-0.3, -0.25) is 4.79 Å². The van der Waals surface area contributed by atoms with Gasteiger partial charge in [0.2, 0.25) is 4.80 Å². The van der Waals surface area contributed by atoms with Gasteiger partial charge in [-0.05, 0) is 24.1 Å². The van der Waals surface area contributed by atoms with Crippen molar-refractivity contribution in [2.45, 2.75) is 46.6 Å². The molecule has 2 aromatic rings. The number of methoxy groups -OCH3 is 1. The zero-order valence-electron chi connectivity index (χ0n) is 15.5. The largest absolute Gasteiger partial charge is 0.496 e. The third kappa shape index (κ3) is 4.92. The number of halogens is 1. The van der Waals surface area contributed by atoms with Crippen LogP contribution in [0.1, 0.15) is 50.0 Å². The number of carbonyl (C=O) groups excluding carboxylic acids is 1. The predicted molar refractivity (Wildman–Crippen MR) is 102 cm³/mol. The Morgan fingerprint density at radius 1 is 1.40 bits per heavy atom. The van der Waals surface area contributed by atoms with Gasteiger partial charge in [-0.25, -0.2) is 4.68 Å². The first kappa shape index (κ1) is 19.7. The molecule has 0 spiro atoms. The van der Waals surface area contributed by atoms with Gasteiger partial charge in [0.05, 0.1) is 12.7 Å². The van der Waals surface area contributed by atoms with Crippen molar-refractivity contribution in [3.05, 3.63) is 38.6 Å². The number of benzene rings is 1. The van der Waals surface area contributed by atoms with E-state index in [-0.39, 0.29) is 11.3 Å². The molecule has 136 valence electrons. The van der Waals surface area contributed by atoms with Crippen molar-refractivity contribution in [2.24, 2.45) is 10.9 Å². The Bertz CT molecular complexity index is 832. The van der Waals surface area contributed by atoms with Crippen LogP contribution in [0.3, 0.4) is 0 Å². The first-order valence-corrected chi connectivity index (χ1v) is 9.32. The summed E-state index contributed by atoms with van der Waals surface area (Å²) in [5, 5.41) is 6.07. The third-order valence-corrected chi connectivity index (χ3v) is 5.00. The maximum absolute atomic E-state index is 12.7. The van der Waals surface area contributed by atoms with Gasteiger partial charge in [0.15, 0.2) is 0 Å². The molecule has 0 unspecified atom stereocenters. The summed E-state index contributed by atoms with van der Waals surface area (Å²) in [5.74, 6) is 0.458. The molecule has 1 aromatic heterocycles. The summed E-state index contributed by atoms with van der Waals surface area (Å²) in [7, 11) is 1.52. The Kier molecular flexibility index (Phi) is 6.06. The predicted octanol–water partition coefficient (Wildman–Crippen LogP) is 4.30. The quantitative estimate of drug-likeness (QED) is 0.793. The van der Waals surface area contributed by atoms with E-state index < -0.39 is 0 Å². The molecule has 1 aromatic carbocycles. The number of hydrogen-bond acceptors (Lipinski definition) is 4. The Morgan fingerprint density at radius 3 is 2.64 bits per heavy atom. The minimum atomic E-state index is -0.388. The summed E-state index contributed by atoms with van der Waals surface area (Å²) in [6.45, 7) is 11.2. The number of nitrogens with zero attached hydrogens (tertiary/aromatic N) is 3. The molecule has 0 aliphatic rings. The maximum atomic E-state index is 12.7. The normalized spacial score (nSPS) is 12.7. The van der Waals surface area contributed by atoms with Crippen LogP contribution >= 0.6 is 22.9 Å². The van der Waals surface area contributed by atoms with E-state index in [0.29, 0.717) is 33.6 Å². The highest BCUT2D eigenvalue weighted by atomic mass is 35.5. The number of rotatable bonds is 4. The molecule has 7 heteroatoms. The van der Waals surface area contributed by atoms with Crippen LogP contribution in [0.2, 0.25) is 5.02 Å². The van der Waals surface area contributed by atoms with Gasteiger partial charge in [0.1, 0.15) is 10.8 Å².